The first-order chi connectivity index (χ1) is 24.7. The number of para-hydroxylation sites is 1. The molecule has 0 fully saturated rings. The standard InChI is InChI=1S/C38H36N4O7S2/c1-23(35(43)42-38-41-30(22-50-38)28-13-9-10-14-31(28)46-2)51-27-17-15-26(16-18-27)39-37(45)29(40-36(44)24-11-7-6-8-12-24)19-25-20-33(48-4)34(49-5)21-32(25)47-3/h6-23H,1-5H3,(H,39,45)(H,40,44)(H,41,42,43)/b29-19-. The molecule has 11 nitrogen and oxygen atoms in total. The van der Waals surface area contributed by atoms with E-state index in [-0.39, 0.29) is 11.6 Å². The highest BCUT2D eigenvalue weighted by Crippen LogP contribution is 2.36. The highest BCUT2D eigenvalue weighted by molar-refractivity contribution is 8.00. The van der Waals surface area contributed by atoms with Crippen LogP contribution >= 0.6 is 23.1 Å². The third-order valence-corrected chi connectivity index (χ3v) is 9.35. The monoisotopic (exact) mass is 724 g/mol. The number of thioether (sulfide) groups is 1. The fraction of sp³-hybridized carbons (Fsp3) is 0.158. The minimum atomic E-state index is -0.569. The van der Waals surface area contributed by atoms with Crippen LogP contribution in [0.3, 0.4) is 0 Å². The third kappa shape index (κ3) is 9.26. The van der Waals surface area contributed by atoms with E-state index in [4.69, 9.17) is 18.9 Å². The lowest BCUT2D eigenvalue weighted by atomic mass is 10.1. The number of carbonyl (C=O) groups excluding carboxylic acids is 3. The molecule has 1 heterocycles. The highest BCUT2D eigenvalue weighted by atomic mass is 32.2. The number of carbonyl (C=O) groups is 3. The Morgan fingerprint density at radius 3 is 2.10 bits per heavy atom. The second-order valence-electron chi connectivity index (χ2n) is 10.8. The highest BCUT2D eigenvalue weighted by Gasteiger charge is 2.20. The lowest BCUT2D eigenvalue weighted by Gasteiger charge is -2.15. The molecule has 1 atom stereocenters. The summed E-state index contributed by atoms with van der Waals surface area (Å²) in [5, 5.41) is 10.4. The molecular formula is C38H36N4O7S2. The van der Waals surface area contributed by atoms with E-state index in [1.807, 2.05) is 29.6 Å². The van der Waals surface area contributed by atoms with Crippen molar-refractivity contribution >= 4 is 57.7 Å². The minimum Gasteiger partial charge on any atom is -0.496 e. The van der Waals surface area contributed by atoms with Crippen LogP contribution in [0.5, 0.6) is 23.0 Å². The Morgan fingerprint density at radius 1 is 0.765 bits per heavy atom. The summed E-state index contributed by atoms with van der Waals surface area (Å²) in [6.45, 7) is 1.80. The van der Waals surface area contributed by atoms with E-state index in [9.17, 15) is 14.4 Å². The Morgan fingerprint density at radius 2 is 1.41 bits per heavy atom. The molecule has 0 aliphatic heterocycles. The predicted molar refractivity (Wildman–Crippen MR) is 201 cm³/mol. The first-order valence-corrected chi connectivity index (χ1v) is 17.3. The van der Waals surface area contributed by atoms with Crippen molar-refractivity contribution in [3.05, 3.63) is 113 Å². The van der Waals surface area contributed by atoms with Crippen molar-refractivity contribution in [3.8, 4) is 34.3 Å². The summed E-state index contributed by atoms with van der Waals surface area (Å²) in [5.74, 6) is 0.720. The fourth-order valence-electron chi connectivity index (χ4n) is 4.85. The molecule has 1 aromatic heterocycles. The Labute approximate surface area is 304 Å². The molecule has 13 heteroatoms. The number of thiazole rings is 1. The second-order valence-corrected chi connectivity index (χ2v) is 13.1. The van der Waals surface area contributed by atoms with Crippen molar-refractivity contribution in [1.29, 1.82) is 0 Å². The number of anilines is 2. The number of nitrogens with zero attached hydrogens (tertiary/aromatic N) is 1. The van der Waals surface area contributed by atoms with Crippen molar-refractivity contribution in [1.82, 2.24) is 10.3 Å². The van der Waals surface area contributed by atoms with Crippen LogP contribution < -0.4 is 34.9 Å². The van der Waals surface area contributed by atoms with Gasteiger partial charge in [0.25, 0.3) is 11.8 Å². The number of hydrogen-bond donors (Lipinski definition) is 3. The maximum atomic E-state index is 13.7. The van der Waals surface area contributed by atoms with Gasteiger partial charge < -0.3 is 34.9 Å². The van der Waals surface area contributed by atoms with Crippen LogP contribution in [0.4, 0.5) is 10.8 Å². The topological polar surface area (TPSA) is 137 Å². The second kappa shape index (κ2) is 17.2. The van der Waals surface area contributed by atoms with Crippen molar-refractivity contribution in [2.45, 2.75) is 17.1 Å². The summed E-state index contributed by atoms with van der Waals surface area (Å²) in [6.07, 6.45) is 1.50. The van der Waals surface area contributed by atoms with Crippen molar-refractivity contribution in [2.24, 2.45) is 0 Å². The van der Waals surface area contributed by atoms with Gasteiger partial charge in [-0.05, 0) is 67.6 Å². The third-order valence-electron chi connectivity index (χ3n) is 7.48. The summed E-state index contributed by atoms with van der Waals surface area (Å²) in [7, 11) is 6.10. The molecule has 3 N–H and O–H groups in total. The van der Waals surface area contributed by atoms with E-state index >= 15 is 0 Å². The molecule has 4 aromatic carbocycles. The largest absolute Gasteiger partial charge is 0.496 e. The van der Waals surface area contributed by atoms with Gasteiger partial charge in [0.1, 0.15) is 17.2 Å². The van der Waals surface area contributed by atoms with Crippen molar-refractivity contribution in [2.75, 3.05) is 39.1 Å². The van der Waals surface area contributed by atoms with E-state index in [1.54, 1.807) is 80.8 Å². The summed E-state index contributed by atoms with van der Waals surface area (Å²) in [5.41, 5.74) is 2.85. The molecule has 0 bridgehead atoms. The van der Waals surface area contributed by atoms with E-state index in [0.29, 0.717) is 50.6 Å². The summed E-state index contributed by atoms with van der Waals surface area (Å²) in [6, 6.07) is 26.5. The molecule has 1 unspecified atom stereocenters. The van der Waals surface area contributed by atoms with Crippen LogP contribution in [0.2, 0.25) is 0 Å². The van der Waals surface area contributed by atoms with E-state index in [2.05, 4.69) is 20.9 Å². The van der Waals surface area contributed by atoms with Gasteiger partial charge in [-0.3, -0.25) is 14.4 Å². The molecule has 0 radical (unpaired) electrons. The smallest absolute Gasteiger partial charge is 0.272 e. The maximum Gasteiger partial charge on any atom is 0.272 e. The number of ether oxygens (including phenoxy) is 4. The Kier molecular flexibility index (Phi) is 12.3. The van der Waals surface area contributed by atoms with Crippen molar-refractivity contribution < 1.29 is 33.3 Å². The Bertz CT molecular complexity index is 2030. The zero-order valence-electron chi connectivity index (χ0n) is 28.5. The molecule has 0 spiro atoms. The molecular weight excluding hydrogens is 689 g/mol. The lowest BCUT2D eigenvalue weighted by Crippen LogP contribution is -2.30. The number of rotatable bonds is 14. The lowest BCUT2D eigenvalue weighted by molar-refractivity contribution is -0.115. The minimum absolute atomic E-state index is 0.0332. The SMILES string of the molecule is COc1cc(OC)c(OC)cc1/C=C(\NC(=O)c1ccccc1)C(=O)Nc1ccc(SC(C)C(=O)Nc2nc(-c3ccccc3OC)cs2)cc1. The van der Waals surface area contributed by atoms with Gasteiger partial charge >= 0.3 is 0 Å². The molecule has 5 aromatic rings. The number of benzene rings is 4. The van der Waals surface area contributed by atoms with Crippen molar-refractivity contribution in [3.63, 3.8) is 0 Å². The molecule has 262 valence electrons. The molecule has 0 saturated heterocycles. The molecule has 3 amide bonds. The Balaban J connectivity index is 1.28. The van der Waals surface area contributed by atoms with Gasteiger partial charge in [-0.15, -0.1) is 23.1 Å². The predicted octanol–water partition coefficient (Wildman–Crippen LogP) is 7.37. The van der Waals surface area contributed by atoms with Gasteiger partial charge in [-0.1, -0.05) is 30.3 Å². The van der Waals surface area contributed by atoms with Crippen LogP contribution in [0, 0.1) is 0 Å². The number of aromatic nitrogens is 1. The van der Waals surface area contributed by atoms with E-state index < -0.39 is 17.1 Å². The molecule has 0 aliphatic carbocycles. The normalized spacial score (nSPS) is 11.6. The summed E-state index contributed by atoms with van der Waals surface area (Å²) in [4.78, 5) is 45.2. The van der Waals surface area contributed by atoms with E-state index in [1.165, 1.54) is 50.5 Å². The quantitative estimate of drug-likeness (QED) is 0.0792. The zero-order chi connectivity index (χ0) is 36.3. The molecule has 0 aliphatic rings. The van der Waals surface area contributed by atoms with Gasteiger partial charge in [0.05, 0.1) is 39.4 Å². The number of methoxy groups -OCH3 is 4. The average molecular weight is 725 g/mol. The van der Waals surface area contributed by atoms with E-state index in [0.717, 1.165) is 10.5 Å². The number of nitrogens with one attached hydrogen (secondary N) is 3. The van der Waals surface area contributed by atoms with Gasteiger partial charge in [0.15, 0.2) is 16.6 Å². The molecule has 51 heavy (non-hydrogen) atoms. The van der Waals surface area contributed by atoms with Crippen LogP contribution in [-0.4, -0.2) is 56.4 Å². The Hall–Kier alpha value is -5.79. The summed E-state index contributed by atoms with van der Waals surface area (Å²) < 4.78 is 21.8. The number of amides is 3. The van der Waals surface area contributed by atoms with Crippen LogP contribution in [0.25, 0.3) is 17.3 Å². The van der Waals surface area contributed by atoms with Crippen LogP contribution in [-0.2, 0) is 9.59 Å². The average Bonchev–Trinajstić information content (AvgIpc) is 3.63. The van der Waals surface area contributed by atoms with Gasteiger partial charge in [0.2, 0.25) is 5.91 Å². The maximum absolute atomic E-state index is 13.7. The summed E-state index contributed by atoms with van der Waals surface area (Å²) >= 11 is 2.70. The van der Waals surface area contributed by atoms with Gasteiger partial charge in [-0.2, -0.15) is 0 Å². The fourth-order valence-corrected chi connectivity index (χ4v) is 6.44. The molecule has 0 saturated carbocycles. The first kappa shape index (κ1) is 36.5. The van der Waals surface area contributed by atoms with Gasteiger partial charge in [0, 0.05) is 38.7 Å². The zero-order valence-corrected chi connectivity index (χ0v) is 30.1. The van der Waals surface area contributed by atoms with Crippen LogP contribution in [0.15, 0.2) is 107 Å². The number of hydrogen-bond acceptors (Lipinski definition) is 10. The molecule has 5 rings (SSSR count). The first-order valence-electron chi connectivity index (χ1n) is 15.6. The van der Waals surface area contributed by atoms with Crippen LogP contribution in [0.1, 0.15) is 22.8 Å². The van der Waals surface area contributed by atoms with Gasteiger partial charge in [-0.25, -0.2) is 4.98 Å².